The Morgan fingerprint density at radius 2 is 2.00 bits per heavy atom. The van der Waals surface area contributed by atoms with E-state index in [0.29, 0.717) is 11.7 Å². The van der Waals surface area contributed by atoms with Crippen LogP contribution in [0.5, 0.6) is 11.7 Å². The molecule has 0 amide bonds. The van der Waals surface area contributed by atoms with E-state index in [9.17, 15) is 0 Å². The largest absolute Gasteiger partial charge is 0.454 e. The number of rotatable bonds is 0. The summed E-state index contributed by atoms with van der Waals surface area (Å²) in [5.74, 6) is 1.04. The van der Waals surface area contributed by atoms with Crippen molar-refractivity contribution in [2.24, 2.45) is 0 Å². The number of hydrogen-bond donors (Lipinski definition) is 0. The molecule has 2 heterocycles. The zero-order chi connectivity index (χ0) is 6.10. The molecule has 3 nitrogen and oxygen atoms in total. The molecule has 0 unspecified atom stereocenters. The van der Waals surface area contributed by atoms with Gasteiger partial charge in [0.25, 0.3) is 0 Å². The summed E-state index contributed by atoms with van der Waals surface area (Å²) in [7, 11) is 0. The molecule has 0 aliphatic carbocycles. The minimum atomic E-state index is 0.414. The van der Waals surface area contributed by atoms with Gasteiger partial charge in [0.1, 0.15) is 12.5 Å². The fourth-order valence-electron chi connectivity index (χ4n) is 0.648. The molecule has 0 saturated heterocycles. The van der Waals surface area contributed by atoms with Crippen LogP contribution in [0.2, 0.25) is 0 Å². The van der Waals surface area contributed by atoms with E-state index in [4.69, 9.17) is 13.9 Å². The highest BCUT2D eigenvalue weighted by atomic mass is 16.6. The maximum atomic E-state index is 4.96. The predicted octanol–water partition coefficient (Wildman–Crippen LogP) is 1.52. The zero-order valence-electron chi connectivity index (χ0n) is 4.53. The minimum Gasteiger partial charge on any atom is -0.454 e. The Hall–Kier alpha value is -1.38. The van der Waals surface area contributed by atoms with Crippen LogP contribution in [-0.2, 0) is 0 Å². The minimum absolute atomic E-state index is 0.414. The summed E-state index contributed by atoms with van der Waals surface area (Å²) in [4.78, 5) is 0. The van der Waals surface area contributed by atoms with Crippen molar-refractivity contribution in [1.82, 2.24) is 0 Å². The van der Waals surface area contributed by atoms with Crippen LogP contribution in [0.4, 0.5) is 0 Å². The van der Waals surface area contributed by atoms with Crippen molar-refractivity contribution in [3.63, 3.8) is 0 Å². The van der Waals surface area contributed by atoms with Gasteiger partial charge >= 0.3 is 5.95 Å². The lowest BCUT2D eigenvalue weighted by Gasteiger charge is -2.03. The van der Waals surface area contributed by atoms with Crippen LogP contribution < -0.4 is 9.47 Å². The lowest BCUT2D eigenvalue weighted by Crippen LogP contribution is -1.91. The Morgan fingerprint density at radius 3 is 2.89 bits per heavy atom. The van der Waals surface area contributed by atoms with Crippen LogP contribution in [0.15, 0.2) is 29.3 Å². The average Bonchev–Trinajstić information content (AvgIpc) is 2.33. The fraction of sp³-hybridized carbons (Fsp3) is 0. The van der Waals surface area contributed by atoms with E-state index in [1.165, 1.54) is 18.8 Å². The molecule has 0 radical (unpaired) electrons. The normalized spacial score (nSPS) is 13.8. The van der Waals surface area contributed by atoms with E-state index in [0.717, 1.165) is 0 Å². The second kappa shape index (κ2) is 1.55. The van der Waals surface area contributed by atoms with Crippen LogP contribution in [0.25, 0.3) is 0 Å². The van der Waals surface area contributed by atoms with Crippen molar-refractivity contribution < 1.29 is 13.9 Å². The summed E-state index contributed by atoms with van der Waals surface area (Å²) >= 11 is 0. The van der Waals surface area contributed by atoms with Crippen molar-refractivity contribution in [3.8, 4) is 11.7 Å². The zero-order valence-corrected chi connectivity index (χ0v) is 4.53. The molecule has 9 heavy (non-hydrogen) atoms. The first-order valence-corrected chi connectivity index (χ1v) is 2.52. The van der Waals surface area contributed by atoms with Crippen molar-refractivity contribution in [2.75, 3.05) is 0 Å². The molecule has 1 aliphatic rings. The summed E-state index contributed by atoms with van der Waals surface area (Å²) < 4.78 is 14.7. The van der Waals surface area contributed by atoms with E-state index in [1.807, 2.05) is 0 Å². The first-order valence-electron chi connectivity index (χ1n) is 2.52. The van der Waals surface area contributed by atoms with Gasteiger partial charge < -0.3 is 13.9 Å². The SMILES string of the molecule is C1=COc2occc2O1. The molecule has 1 aromatic rings. The molecule has 2 rings (SSSR count). The molecule has 0 atom stereocenters. The molecule has 3 heteroatoms. The first kappa shape index (κ1) is 4.49. The number of furan rings is 1. The molecule has 46 valence electrons. The molecular weight excluding hydrogens is 120 g/mol. The van der Waals surface area contributed by atoms with Gasteiger partial charge in [0.05, 0.1) is 6.26 Å². The maximum absolute atomic E-state index is 4.96. The lowest BCUT2D eigenvalue weighted by atomic mass is 10.6. The maximum Gasteiger partial charge on any atom is 0.334 e. The van der Waals surface area contributed by atoms with Crippen LogP contribution >= 0.6 is 0 Å². The molecule has 0 N–H and O–H groups in total. The highest BCUT2D eigenvalue weighted by molar-refractivity contribution is 5.32. The van der Waals surface area contributed by atoms with Gasteiger partial charge in [0.2, 0.25) is 5.75 Å². The van der Waals surface area contributed by atoms with Gasteiger partial charge in [0, 0.05) is 6.07 Å². The van der Waals surface area contributed by atoms with Crippen LogP contribution in [-0.4, -0.2) is 0 Å². The van der Waals surface area contributed by atoms with Crippen molar-refractivity contribution >= 4 is 0 Å². The van der Waals surface area contributed by atoms with E-state index in [2.05, 4.69) is 0 Å². The van der Waals surface area contributed by atoms with E-state index >= 15 is 0 Å². The third kappa shape index (κ3) is 0.579. The third-order valence-corrected chi connectivity index (χ3v) is 1.02. The van der Waals surface area contributed by atoms with Gasteiger partial charge in [-0.15, -0.1) is 0 Å². The van der Waals surface area contributed by atoms with Crippen molar-refractivity contribution in [1.29, 1.82) is 0 Å². The van der Waals surface area contributed by atoms with Crippen molar-refractivity contribution in [3.05, 3.63) is 24.9 Å². The molecule has 1 aromatic heterocycles. The monoisotopic (exact) mass is 124 g/mol. The summed E-state index contributed by atoms with van der Waals surface area (Å²) in [5.41, 5.74) is 0. The highest BCUT2D eigenvalue weighted by Crippen LogP contribution is 2.30. The van der Waals surface area contributed by atoms with Crippen molar-refractivity contribution in [2.45, 2.75) is 0 Å². The Kier molecular flexibility index (Phi) is 0.773. The average molecular weight is 124 g/mol. The molecular formula is C6H4O3. The van der Waals surface area contributed by atoms with Gasteiger partial charge in [-0.3, -0.25) is 0 Å². The summed E-state index contributed by atoms with van der Waals surface area (Å²) in [6, 6.07) is 1.69. The van der Waals surface area contributed by atoms with Crippen LogP contribution in [0.1, 0.15) is 0 Å². The van der Waals surface area contributed by atoms with Gasteiger partial charge in [-0.1, -0.05) is 0 Å². The summed E-state index contributed by atoms with van der Waals surface area (Å²) in [6.07, 6.45) is 4.39. The van der Waals surface area contributed by atoms with Crippen LogP contribution in [0, 0.1) is 0 Å². The topological polar surface area (TPSA) is 31.6 Å². The number of ether oxygens (including phenoxy) is 2. The highest BCUT2D eigenvalue weighted by Gasteiger charge is 2.09. The van der Waals surface area contributed by atoms with Gasteiger partial charge in [-0.2, -0.15) is 0 Å². The molecule has 0 bridgehead atoms. The Balaban J connectivity index is 2.46. The Morgan fingerprint density at radius 1 is 1.11 bits per heavy atom. The van der Waals surface area contributed by atoms with E-state index in [-0.39, 0.29) is 0 Å². The second-order valence-corrected chi connectivity index (χ2v) is 1.58. The predicted molar refractivity (Wildman–Crippen MR) is 29.1 cm³/mol. The molecule has 1 aliphatic heterocycles. The molecule has 0 spiro atoms. The Bertz CT molecular complexity index is 214. The molecule has 0 fully saturated rings. The van der Waals surface area contributed by atoms with Crippen LogP contribution in [0.3, 0.4) is 0 Å². The summed E-state index contributed by atoms with van der Waals surface area (Å²) in [6.45, 7) is 0. The molecule has 0 saturated carbocycles. The standard InChI is InChI=1S/C6H4O3/c1-2-8-6-5(1)7-3-4-9-6/h1-4H. The first-order chi connectivity index (χ1) is 4.47. The number of fused-ring (bicyclic) bond motifs is 1. The van der Waals surface area contributed by atoms with E-state index < -0.39 is 0 Å². The van der Waals surface area contributed by atoms with E-state index in [1.54, 1.807) is 6.07 Å². The quantitative estimate of drug-likeness (QED) is 0.525. The summed E-state index contributed by atoms with van der Waals surface area (Å²) in [5, 5.41) is 0. The second-order valence-electron chi connectivity index (χ2n) is 1.58. The van der Waals surface area contributed by atoms with Gasteiger partial charge in [0.15, 0.2) is 0 Å². The Labute approximate surface area is 51.5 Å². The smallest absolute Gasteiger partial charge is 0.334 e. The van der Waals surface area contributed by atoms with Gasteiger partial charge in [-0.05, 0) is 0 Å². The van der Waals surface area contributed by atoms with Gasteiger partial charge in [-0.25, -0.2) is 0 Å². The fourth-order valence-corrected chi connectivity index (χ4v) is 0.648. The lowest BCUT2D eigenvalue weighted by molar-refractivity contribution is 0.288. The number of hydrogen-bond acceptors (Lipinski definition) is 3. The third-order valence-electron chi connectivity index (χ3n) is 1.02. The molecule has 0 aromatic carbocycles.